The van der Waals surface area contributed by atoms with Crippen LogP contribution in [-0.4, -0.2) is 33.3 Å². The highest BCUT2D eigenvalue weighted by atomic mass is 16.5. The van der Waals surface area contributed by atoms with Gasteiger partial charge in [-0.25, -0.2) is 4.68 Å². The Labute approximate surface area is 96.4 Å². The molecule has 5 heteroatoms. The number of hydrogen-bond acceptors (Lipinski definition) is 4. The molecule has 0 radical (unpaired) electrons. The van der Waals surface area contributed by atoms with Crippen LogP contribution in [-0.2, 0) is 17.9 Å². The second-order valence-corrected chi connectivity index (χ2v) is 4.01. The maximum Gasteiger partial charge on any atom is 0.112 e. The number of aryl methyl sites for hydroxylation is 1. The normalized spacial score (nSPS) is 11.3. The number of hydrogen-bond donors (Lipinski definition) is 1. The third-order valence-electron chi connectivity index (χ3n) is 2.41. The van der Waals surface area contributed by atoms with Crippen molar-refractivity contribution in [2.45, 2.75) is 46.3 Å². The van der Waals surface area contributed by atoms with E-state index in [2.05, 4.69) is 24.2 Å². The minimum atomic E-state index is -0.0427. The van der Waals surface area contributed by atoms with Crippen LogP contribution in [0.15, 0.2) is 0 Å². The van der Waals surface area contributed by atoms with Gasteiger partial charge in [0.05, 0.1) is 12.3 Å². The maximum atomic E-state index is 9.15. The minimum absolute atomic E-state index is 0.0427. The second-order valence-electron chi connectivity index (χ2n) is 4.01. The number of ether oxygens (including phenoxy) is 1. The molecule has 0 aliphatic carbocycles. The fraction of sp³-hybridized carbons (Fsp3) is 0.818. The van der Waals surface area contributed by atoms with Gasteiger partial charge in [0.1, 0.15) is 5.69 Å². The van der Waals surface area contributed by atoms with Gasteiger partial charge in [-0.05, 0) is 19.3 Å². The highest BCUT2D eigenvalue weighted by Gasteiger charge is 2.14. The first-order valence-electron chi connectivity index (χ1n) is 5.81. The summed E-state index contributed by atoms with van der Waals surface area (Å²) in [4.78, 5) is 0. The second kappa shape index (κ2) is 6.60. The van der Waals surface area contributed by atoms with Crippen molar-refractivity contribution >= 4 is 0 Å². The Morgan fingerprint density at radius 1 is 1.44 bits per heavy atom. The molecule has 1 rings (SSSR count). The van der Waals surface area contributed by atoms with E-state index in [4.69, 9.17) is 9.84 Å². The van der Waals surface area contributed by atoms with Crippen LogP contribution in [0, 0.1) is 0 Å². The van der Waals surface area contributed by atoms with Gasteiger partial charge in [-0.15, -0.1) is 5.10 Å². The predicted octanol–water partition coefficient (Wildman–Crippen LogP) is 1.32. The molecule has 0 amide bonds. The van der Waals surface area contributed by atoms with Gasteiger partial charge in [-0.3, -0.25) is 0 Å². The van der Waals surface area contributed by atoms with E-state index < -0.39 is 0 Å². The van der Waals surface area contributed by atoms with Gasteiger partial charge in [0, 0.05) is 19.8 Å². The van der Waals surface area contributed by atoms with Gasteiger partial charge < -0.3 is 9.84 Å². The Balaban J connectivity index is 2.61. The maximum absolute atomic E-state index is 9.15. The quantitative estimate of drug-likeness (QED) is 0.714. The van der Waals surface area contributed by atoms with E-state index in [9.17, 15) is 0 Å². The average molecular weight is 227 g/mol. The van der Waals surface area contributed by atoms with Crippen LogP contribution in [0.3, 0.4) is 0 Å². The lowest BCUT2D eigenvalue weighted by atomic mass is 10.1. The third-order valence-corrected chi connectivity index (χ3v) is 2.41. The summed E-state index contributed by atoms with van der Waals surface area (Å²) >= 11 is 0. The molecular weight excluding hydrogens is 206 g/mol. The van der Waals surface area contributed by atoms with Gasteiger partial charge in [0.2, 0.25) is 0 Å². The van der Waals surface area contributed by atoms with E-state index in [0.29, 0.717) is 11.6 Å². The summed E-state index contributed by atoms with van der Waals surface area (Å²) in [5.74, 6) is 0.323. The summed E-state index contributed by atoms with van der Waals surface area (Å²) in [6.07, 6.45) is 0.918. The predicted molar refractivity (Wildman–Crippen MR) is 61.1 cm³/mol. The van der Waals surface area contributed by atoms with Gasteiger partial charge >= 0.3 is 0 Å². The Hall–Kier alpha value is -0.940. The van der Waals surface area contributed by atoms with Crippen LogP contribution >= 0.6 is 0 Å². The smallest absolute Gasteiger partial charge is 0.112 e. The third kappa shape index (κ3) is 3.28. The molecule has 1 aromatic heterocycles. The average Bonchev–Trinajstić information content (AvgIpc) is 2.67. The molecule has 0 saturated carbocycles. The first-order chi connectivity index (χ1) is 7.70. The van der Waals surface area contributed by atoms with Crippen LogP contribution in [0.2, 0.25) is 0 Å². The topological polar surface area (TPSA) is 60.2 Å². The Kier molecular flexibility index (Phi) is 5.42. The molecule has 0 spiro atoms. The number of rotatable bonds is 7. The van der Waals surface area contributed by atoms with Crippen molar-refractivity contribution in [2.24, 2.45) is 0 Å². The van der Waals surface area contributed by atoms with E-state index in [-0.39, 0.29) is 6.61 Å². The highest BCUT2D eigenvalue weighted by Crippen LogP contribution is 2.17. The lowest BCUT2D eigenvalue weighted by Crippen LogP contribution is -2.10. The van der Waals surface area contributed by atoms with Crippen LogP contribution in [0.1, 0.15) is 44.5 Å². The molecule has 1 heterocycles. The SMILES string of the molecule is CCOCCCn1nnc(CO)c1C(C)C. The van der Waals surface area contributed by atoms with Crippen molar-refractivity contribution in [3.8, 4) is 0 Å². The van der Waals surface area contributed by atoms with Gasteiger partial charge in [0.15, 0.2) is 0 Å². The molecule has 5 nitrogen and oxygen atoms in total. The zero-order valence-electron chi connectivity index (χ0n) is 10.3. The monoisotopic (exact) mass is 227 g/mol. The van der Waals surface area contributed by atoms with Crippen molar-refractivity contribution < 1.29 is 9.84 Å². The molecule has 0 bridgehead atoms. The van der Waals surface area contributed by atoms with Crippen molar-refractivity contribution in [2.75, 3.05) is 13.2 Å². The summed E-state index contributed by atoms with van der Waals surface area (Å²) in [5.41, 5.74) is 1.71. The van der Waals surface area contributed by atoms with Gasteiger partial charge in [-0.2, -0.15) is 0 Å². The fourth-order valence-electron chi connectivity index (χ4n) is 1.73. The molecule has 0 unspecified atom stereocenters. The largest absolute Gasteiger partial charge is 0.390 e. The van der Waals surface area contributed by atoms with E-state index in [1.165, 1.54) is 0 Å². The zero-order valence-corrected chi connectivity index (χ0v) is 10.3. The van der Waals surface area contributed by atoms with E-state index in [0.717, 1.165) is 31.9 Å². The first-order valence-corrected chi connectivity index (χ1v) is 5.81. The Morgan fingerprint density at radius 3 is 2.75 bits per heavy atom. The lowest BCUT2D eigenvalue weighted by molar-refractivity contribution is 0.140. The van der Waals surface area contributed by atoms with E-state index >= 15 is 0 Å². The van der Waals surface area contributed by atoms with Crippen molar-refractivity contribution in [3.63, 3.8) is 0 Å². The van der Waals surface area contributed by atoms with Crippen LogP contribution in [0.4, 0.5) is 0 Å². The molecule has 16 heavy (non-hydrogen) atoms. The van der Waals surface area contributed by atoms with Crippen LogP contribution < -0.4 is 0 Å². The summed E-state index contributed by atoms with van der Waals surface area (Å²) in [7, 11) is 0. The number of nitrogens with zero attached hydrogens (tertiary/aromatic N) is 3. The number of aliphatic hydroxyl groups is 1. The molecule has 92 valence electrons. The Bertz CT molecular complexity index is 310. The van der Waals surface area contributed by atoms with Crippen molar-refractivity contribution in [1.29, 1.82) is 0 Å². The standard InChI is InChI=1S/C11H21N3O2/c1-4-16-7-5-6-14-11(9(2)3)10(8-15)12-13-14/h9,15H,4-8H2,1-3H3. The summed E-state index contributed by atoms with van der Waals surface area (Å²) in [6.45, 7) is 8.38. The number of aromatic nitrogens is 3. The molecule has 0 saturated heterocycles. The molecular formula is C11H21N3O2. The summed E-state index contributed by atoms with van der Waals surface area (Å²) in [5, 5.41) is 17.2. The Morgan fingerprint density at radius 2 is 2.19 bits per heavy atom. The first kappa shape index (κ1) is 13.1. The molecule has 0 aromatic carbocycles. The van der Waals surface area contributed by atoms with Crippen LogP contribution in [0.5, 0.6) is 0 Å². The molecule has 0 aliphatic rings. The van der Waals surface area contributed by atoms with E-state index in [1.54, 1.807) is 0 Å². The molecule has 0 atom stereocenters. The molecule has 0 aliphatic heterocycles. The fourth-order valence-corrected chi connectivity index (χ4v) is 1.73. The minimum Gasteiger partial charge on any atom is -0.390 e. The van der Waals surface area contributed by atoms with Gasteiger partial charge in [-0.1, -0.05) is 19.1 Å². The van der Waals surface area contributed by atoms with E-state index in [1.807, 2.05) is 11.6 Å². The molecule has 1 aromatic rings. The number of aliphatic hydroxyl groups excluding tert-OH is 1. The molecule has 1 N–H and O–H groups in total. The highest BCUT2D eigenvalue weighted by molar-refractivity contribution is 5.13. The van der Waals surface area contributed by atoms with Crippen LogP contribution in [0.25, 0.3) is 0 Å². The van der Waals surface area contributed by atoms with Gasteiger partial charge in [0.25, 0.3) is 0 Å². The summed E-state index contributed by atoms with van der Waals surface area (Å²) in [6, 6.07) is 0. The summed E-state index contributed by atoms with van der Waals surface area (Å²) < 4.78 is 7.15. The lowest BCUT2D eigenvalue weighted by Gasteiger charge is -2.10. The van der Waals surface area contributed by atoms with Crippen molar-refractivity contribution in [3.05, 3.63) is 11.4 Å². The zero-order chi connectivity index (χ0) is 12.0. The molecule has 0 fully saturated rings. The van der Waals surface area contributed by atoms with Crippen molar-refractivity contribution in [1.82, 2.24) is 15.0 Å².